The molecule has 0 aliphatic carbocycles. The molecule has 0 amide bonds. The molecule has 0 saturated carbocycles. The van der Waals surface area contributed by atoms with Gasteiger partial charge in [-0.25, -0.2) is 0 Å². The quantitative estimate of drug-likeness (QED) is 0.811. The van der Waals surface area contributed by atoms with Gasteiger partial charge in [0.05, 0.1) is 0 Å². The molecule has 0 saturated heterocycles. The topological polar surface area (TPSA) is 61.3 Å². The number of unbranched alkanes of at least 4 members (excludes halogenated alkanes) is 1. The SMILES string of the molecule is CCCCC(N)C(CN)c1ccc(OC(F)(F)F)cc1. The van der Waals surface area contributed by atoms with Gasteiger partial charge in [-0.3, -0.25) is 0 Å². The lowest BCUT2D eigenvalue weighted by molar-refractivity contribution is -0.274. The number of ether oxygens (including phenoxy) is 1. The van der Waals surface area contributed by atoms with E-state index in [1.807, 2.05) is 0 Å². The third kappa shape index (κ3) is 5.38. The Morgan fingerprint density at radius 2 is 1.80 bits per heavy atom. The molecule has 0 spiro atoms. The molecule has 0 bridgehead atoms. The summed E-state index contributed by atoms with van der Waals surface area (Å²) in [6, 6.07) is 5.67. The normalized spacial score (nSPS) is 14.9. The third-order valence-corrected chi connectivity index (χ3v) is 3.20. The Morgan fingerprint density at radius 3 is 2.25 bits per heavy atom. The van der Waals surface area contributed by atoms with Crippen molar-refractivity contribution < 1.29 is 17.9 Å². The van der Waals surface area contributed by atoms with Crippen LogP contribution in [0.25, 0.3) is 0 Å². The summed E-state index contributed by atoms with van der Waals surface area (Å²) in [5.74, 6) is -0.291. The molecule has 114 valence electrons. The Balaban J connectivity index is 2.74. The molecule has 4 N–H and O–H groups in total. The molecule has 0 heterocycles. The number of rotatable bonds is 7. The van der Waals surface area contributed by atoms with Gasteiger partial charge in [0.15, 0.2) is 0 Å². The van der Waals surface area contributed by atoms with Crippen molar-refractivity contribution in [2.75, 3.05) is 6.54 Å². The molecule has 20 heavy (non-hydrogen) atoms. The Kier molecular flexibility index (Phi) is 6.29. The van der Waals surface area contributed by atoms with Crippen LogP contribution in [0.4, 0.5) is 13.2 Å². The lowest BCUT2D eigenvalue weighted by atomic mass is 9.89. The van der Waals surface area contributed by atoms with Crippen LogP contribution in [0.1, 0.15) is 37.7 Å². The summed E-state index contributed by atoms with van der Waals surface area (Å²) in [6.07, 6.45) is -1.78. The van der Waals surface area contributed by atoms with Crippen molar-refractivity contribution >= 4 is 0 Å². The fourth-order valence-electron chi connectivity index (χ4n) is 2.12. The van der Waals surface area contributed by atoms with Crippen molar-refractivity contribution in [2.24, 2.45) is 11.5 Å². The average Bonchev–Trinajstić information content (AvgIpc) is 2.37. The van der Waals surface area contributed by atoms with Gasteiger partial charge >= 0.3 is 6.36 Å². The minimum Gasteiger partial charge on any atom is -0.406 e. The van der Waals surface area contributed by atoms with Gasteiger partial charge in [0.1, 0.15) is 5.75 Å². The highest BCUT2D eigenvalue weighted by atomic mass is 19.4. The van der Waals surface area contributed by atoms with E-state index >= 15 is 0 Å². The standard InChI is InChI=1S/C14H21F3N2O/c1-2-3-4-13(19)12(9-18)10-5-7-11(8-6-10)20-14(15,16)17/h5-8,12-13H,2-4,9,18-19H2,1H3. The van der Waals surface area contributed by atoms with Crippen molar-refractivity contribution in [1.82, 2.24) is 0 Å². The highest BCUT2D eigenvalue weighted by Crippen LogP contribution is 2.26. The first-order valence-corrected chi connectivity index (χ1v) is 6.68. The second kappa shape index (κ2) is 7.50. The fourth-order valence-corrected chi connectivity index (χ4v) is 2.12. The highest BCUT2D eigenvalue weighted by Gasteiger charge is 2.31. The molecule has 2 atom stereocenters. The van der Waals surface area contributed by atoms with Crippen molar-refractivity contribution in [3.05, 3.63) is 29.8 Å². The number of halogens is 3. The number of alkyl halides is 3. The van der Waals surface area contributed by atoms with Crippen molar-refractivity contribution in [1.29, 1.82) is 0 Å². The molecule has 0 fully saturated rings. The monoisotopic (exact) mass is 290 g/mol. The zero-order valence-electron chi connectivity index (χ0n) is 11.5. The third-order valence-electron chi connectivity index (χ3n) is 3.20. The lowest BCUT2D eigenvalue weighted by Crippen LogP contribution is -2.33. The van der Waals surface area contributed by atoms with Gasteiger partial charge in [0, 0.05) is 18.5 Å². The van der Waals surface area contributed by atoms with Crippen LogP contribution in [0.15, 0.2) is 24.3 Å². The first kappa shape index (κ1) is 16.8. The summed E-state index contributed by atoms with van der Waals surface area (Å²) >= 11 is 0. The van der Waals surface area contributed by atoms with Gasteiger partial charge < -0.3 is 16.2 Å². The summed E-state index contributed by atoms with van der Waals surface area (Å²) in [7, 11) is 0. The molecule has 2 unspecified atom stereocenters. The summed E-state index contributed by atoms with van der Waals surface area (Å²) in [5, 5.41) is 0. The molecule has 6 heteroatoms. The fraction of sp³-hybridized carbons (Fsp3) is 0.571. The predicted octanol–water partition coefficient (Wildman–Crippen LogP) is 3.15. The minimum atomic E-state index is -4.67. The number of benzene rings is 1. The van der Waals surface area contributed by atoms with E-state index in [-0.39, 0.29) is 17.7 Å². The second-order valence-corrected chi connectivity index (χ2v) is 4.77. The summed E-state index contributed by atoms with van der Waals surface area (Å²) in [4.78, 5) is 0. The Labute approximate surface area is 117 Å². The average molecular weight is 290 g/mol. The Hall–Kier alpha value is -1.27. The predicted molar refractivity (Wildman–Crippen MR) is 72.4 cm³/mol. The van der Waals surface area contributed by atoms with Gasteiger partial charge in [-0.1, -0.05) is 31.9 Å². The molecular weight excluding hydrogens is 269 g/mol. The van der Waals surface area contributed by atoms with Gasteiger partial charge in [-0.15, -0.1) is 13.2 Å². The number of nitrogens with two attached hydrogens (primary N) is 2. The van der Waals surface area contributed by atoms with Gasteiger partial charge in [-0.05, 0) is 24.1 Å². The zero-order valence-corrected chi connectivity index (χ0v) is 11.5. The second-order valence-electron chi connectivity index (χ2n) is 4.77. The minimum absolute atomic E-state index is 0.0542. The van der Waals surface area contributed by atoms with Crippen LogP contribution >= 0.6 is 0 Å². The Bertz CT molecular complexity index is 392. The number of hydrogen-bond donors (Lipinski definition) is 2. The molecule has 0 aliphatic rings. The molecule has 0 aliphatic heterocycles. The molecule has 3 nitrogen and oxygen atoms in total. The van der Waals surface area contributed by atoms with Crippen LogP contribution in [0, 0.1) is 0 Å². The van der Waals surface area contributed by atoms with Gasteiger partial charge in [0.25, 0.3) is 0 Å². The van der Waals surface area contributed by atoms with Crippen LogP contribution < -0.4 is 16.2 Å². The van der Waals surface area contributed by atoms with E-state index in [4.69, 9.17) is 11.5 Å². The van der Waals surface area contributed by atoms with E-state index in [9.17, 15) is 13.2 Å². The van der Waals surface area contributed by atoms with Gasteiger partial charge in [0.2, 0.25) is 0 Å². The first-order valence-electron chi connectivity index (χ1n) is 6.68. The van der Waals surface area contributed by atoms with Crippen molar-refractivity contribution in [2.45, 2.75) is 44.5 Å². The number of hydrogen-bond acceptors (Lipinski definition) is 3. The largest absolute Gasteiger partial charge is 0.573 e. The Morgan fingerprint density at radius 1 is 1.20 bits per heavy atom. The molecule has 1 rings (SSSR count). The van der Waals surface area contributed by atoms with Crippen LogP contribution in [0.2, 0.25) is 0 Å². The lowest BCUT2D eigenvalue weighted by Gasteiger charge is -2.23. The van der Waals surface area contributed by atoms with E-state index in [0.717, 1.165) is 24.8 Å². The van der Waals surface area contributed by atoms with Gasteiger partial charge in [-0.2, -0.15) is 0 Å². The van der Waals surface area contributed by atoms with E-state index in [2.05, 4.69) is 11.7 Å². The highest BCUT2D eigenvalue weighted by molar-refractivity contribution is 5.30. The molecule has 0 radical (unpaired) electrons. The molecule has 1 aromatic carbocycles. The van der Waals surface area contributed by atoms with Crippen LogP contribution in [0.5, 0.6) is 5.75 Å². The van der Waals surface area contributed by atoms with Crippen LogP contribution in [0.3, 0.4) is 0 Å². The molecule has 1 aromatic rings. The van der Waals surface area contributed by atoms with Crippen molar-refractivity contribution in [3.63, 3.8) is 0 Å². The summed E-state index contributed by atoms with van der Waals surface area (Å²) in [6.45, 7) is 2.44. The van der Waals surface area contributed by atoms with E-state index in [0.29, 0.717) is 6.54 Å². The van der Waals surface area contributed by atoms with E-state index < -0.39 is 6.36 Å². The molecular formula is C14H21F3N2O. The summed E-state index contributed by atoms with van der Waals surface area (Å²) in [5.41, 5.74) is 12.7. The summed E-state index contributed by atoms with van der Waals surface area (Å²) < 4.78 is 40.0. The molecule has 0 aromatic heterocycles. The van der Waals surface area contributed by atoms with Crippen LogP contribution in [-0.4, -0.2) is 18.9 Å². The van der Waals surface area contributed by atoms with Crippen molar-refractivity contribution in [3.8, 4) is 5.75 Å². The van der Waals surface area contributed by atoms with E-state index in [1.54, 1.807) is 12.1 Å². The smallest absolute Gasteiger partial charge is 0.406 e. The maximum absolute atomic E-state index is 12.1. The maximum Gasteiger partial charge on any atom is 0.573 e. The van der Waals surface area contributed by atoms with E-state index in [1.165, 1.54) is 12.1 Å². The maximum atomic E-state index is 12.1. The zero-order chi connectivity index (χ0) is 15.2. The first-order chi connectivity index (χ1) is 9.37. The van der Waals surface area contributed by atoms with Crippen LogP contribution in [-0.2, 0) is 0 Å².